The van der Waals surface area contributed by atoms with E-state index in [0.29, 0.717) is 4.88 Å². The van der Waals surface area contributed by atoms with Crippen molar-refractivity contribution in [2.75, 3.05) is 0 Å². The van der Waals surface area contributed by atoms with E-state index in [4.69, 9.17) is 0 Å². The zero-order chi connectivity index (χ0) is 16.4. The van der Waals surface area contributed by atoms with Crippen LogP contribution in [0.2, 0.25) is 0 Å². The number of carbonyl (C=O) groups excluding carboxylic acids is 1. The highest BCUT2D eigenvalue weighted by molar-refractivity contribution is 7.13. The maximum absolute atomic E-state index is 12.2. The summed E-state index contributed by atoms with van der Waals surface area (Å²) in [5.41, 5.74) is 0.530. The molecule has 0 aliphatic rings. The average Bonchev–Trinajstić information content (AvgIpc) is 3.19. The van der Waals surface area contributed by atoms with Gasteiger partial charge in [-0.1, -0.05) is 6.07 Å². The lowest BCUT2D eigenvalue weighted by molar-refractivity contribution is 0.0942. The predicted octanol–water partition coefficient (Wildman–Crippen LogP) is 1.28. The van der Waals surface area contributed by atoms with E-state index in [1.54, 1.807) is 36.3 Å². The molecule has 118 valence electrons. The van der Waals surface area contributed by atoms with Crippen LogP contribution in [0.1, 0.15) is 16.1 Å². The van der Waals surface area contributed by atoms with Gasteiger partial charge in [0.2, 0.25) is 5.75 Å². The minimum absolute atomic E-state index is 0.182. The van der Waals surface area contributed by atoms with E-state index in [2.05, 4.69) is 20.4 Å². The van der Waals surface area contributed by atoms with Crippen molar-refractivity contribution in [3.05, 3.63) is 41.2 Å². The average molecular weight is 331 g/mol. The molecule has 3 N–H and O–H groups in total. The molecule has 8 nitrogen and oxygen atoms in total. The molecule has 3 heterocycles. The van der Waals surface area contributed by atoms with Crippen molar-refractivity contribution in [1.29, 1.82) is 0 Å². The van der Waals surface area contributed by atoms with Gasteiger partial charge in [0.1, 0.15) is 0 Å². The molecule has 0 fully saturated rings. The Morgan fingerprint density at radius 3 is 2.87 bits per heavy atom. The zero-order valence-corrected chi connectivity index (χ0v) is 12.9. The van der Waals surface area contributed by atoms with Gasteiger partial charge < -0.3 is 15.5 Å². The second-order valence-corrected chi connectivity index (χ2v) is 5.70. The Morgan fingerprint density at radius 2 is 2.22 bits per heavy atom. The van der Waals surface area contributed by atoms with Gasteiger partial charge in [0.15, 0.2) is 11.5 Å². The number of nitrogens with one attached hydrogen (secondary N) is 1. The largest absolute Gasteiger partial charge is 0.501 e. The maximum Gasteiger partial charge on any atom is 0.274 e. The summed E-state index contributed by atoms with van der Waals surface area (Å²) in [6.07, 6.45) is 3.38. The van der Waals surface area contributed by atoms with E-state index in [0.717, 1.165) is 5.56 Å². The van der Waals surface area contributed by atoms with E-state index in [1.807, 2.05) is 5.38 Å². The number of aromatic nitrogens is 4. The molecule has 3 aromatic heterocycles. The molecule has 0 unspecified atom stereocenters. The Morgan fingerprint density at radius 1 is 1.39 bits per heavy atom. The lowest BCUT2D eigenvalue weighted by atomic mass is 10.3. The van der Waals surface area contributed by atoms with Crippen LogP contribution in [0.5, 0.6) is 11.6 Å². The third-order valence-corrected chi connectivity index (χ3v) is 3.90. The van der Waals surface area contributed by atoms with Crippen molar-refractivity contribution in [3.63, 3.8) is 0 Å². The number of carbonyl (C=O) groups is 1. The van der Waals surface area contributed by atoms with E-state index in [9.17, 15) is 15.0 Å². The minimum Gasteiger partial charge on any atom is -0.501 e. The monoisotopic (exact) mass is 331 g/mol. The summed E-state index contributed by atoms with van der Waals surface area (Å²) < 4.78 is 1.62. The van der Waals surface area contributed by atoms with Crippen LogP contribution in [-0.4, -0.2) is 35.9 Å². The second-order valence-electron chi connectivity index (χ2n) is 4.75. The van der Waals surface area contributed by atoms with Crippen molar-refractivity contribution in [2.45, 2.75) is 6.54 Å². The molecule has 1 amide bonds. The summed E-state index contributed by atoms with van der Waals surface area (Å²) in [4.78, 5) is 20.7. The van der Waals surface area contributed by atoms with Crippen molar-refractivity contribution in [3.8, 4) is 22.3 Å². The lowest BCUT2D eigenvalue weighted by Gasteiger charge is -2.07. The van der Waals surface area contributed by atoms with Gasteiger partial charge in [-0.2, -0.15) is 10.1 Å². The van der Waals surface area contributed by atoms with Gasteiger partial charge in [-0.3, -0.25) is 9.48 Å². The standard InChI is InChI=1S/C14H13N5O3S/c1-19-7-8(6-16-19)5-15-13(21)10-11(20)14(22)18-12(17-10)9-3-2-4-23-9/h2-4,6-7,20H,5H2,1H3,(H,15,21)(H,17,18,22). The van der Waals surface area contributed by atoms with Gasteiger partial charge in [-0.15, -0.1) is 11.3 Å². The topological polar surface area (TPSA) is 113 Å². The molecule has 0 aliphatic heterocycles. The van der Waals surface area contributed by atoms with Gasteiger partial charge in [0.25, 0.3) is 11.8 Å². The smallest absolute Gasteiger partial charge is 0.274 e. The third kappa shape index (κ3) is 3.14. The highest BCUT2D eigenvalue weighted by Crippen LogP contribution is 2.30. The summed E-state index contributed by atoms with van der Waals surface area (Å²) in [5, 5.41) is 28.0. The Kier molecular flexibility index (Phi) is 3.94. The summed E-state index contributed by atoms with van der Waals surface area (Å²) in [5.74, 6) is -1.70. The Balaban J connectivity index is 1.84. The SMILES string of the molecule is Cn1cc(CNC(=O)c2nc(-c3cccs3)nc(O)c2O)cn1. The fraction of sp³-hybridized carbons (Fsp3) is 0.143. The van der Waals surface area contributed by atoms with Gasteiger partial charge in [0.05, 0.1) is 11.1 Å². The molecule has 0 bridgehead atoms. The normalized spacial score (nSPS) is 10.7. The first kappa shape index (κ1) is 15.0. The number of aryl methyl sites for hydroxylation is 1. The summed E-state index contributed by atoms with van der Waals surface area (Å²) >= 11 is 1.36. The van der Waals surface area contributed by atoms with Gasteiger partial charge in [0, 0.05) is 25.4 Å². The highest BCUT2D eigenvalue weighted by atomic mass is 32.1. The Labute approximate surface area is 135 Å². The van der Waals surface area contributed by atoms with Crippen LogP contribution in [-0.2, 0) is 13.6 Å². The van der Waals surface area contributed by atoms with E-state index in [1.165, 1.54) is 11.3 Å². The number of hydrogen-bond acceptors (Lipinski definition) is 7. The van der Waals surface area contributed by atoms with E-state index < -0.39 is 17.5 Å². The highest BCUT2D eigenvalue weighted by Gasteiger charge is 2.20. The number of hydrogen-bond donors (Lipinski definition) is 3. The number of rotatable bonds is 4. The molecule has 23 heavy (non-hydrogen) atoms. The minimum atomic E-state index is -0.644. The van der Waals surface area contributed by atoms with Gasteiger partial charge in [-0.05, 0) is 11.4 Å². The molecule has 0 saturated heterocycles. The first-order valence-corrected chi connectivity index (χ1v) is 7.52. The lowest BCUT2D eigenvalue weighted by Crippen LogP contribution is -2.24. The summed E-state index contributed by atoms with van der Waals surface area (Å²) in [7, 11) is 1.77. The molecule has 0 aliphatic carbocycles. The molecular weight excluding hydrogens is 318 g/mol. The van der Waals surface area contributed by atoms with E-state index in [-0.39, 0.29) is 18.1 Å². The van der Waals surface area contributed by atoms with Crippen LogP contribution >= 0.6 is 11.3 Å². The van der Waals surface area contributed by atoms with Crippen molar-refractivity contribution in [1.82, 2.24) is 25.1 Å². The molecule has 0 saturated carbocycles. The predicted molar refractivity (Wildman–Crippen MR) is 83.1 cm³/mol. The molecule has 9 heteroatoms. The maximum atomic E-state index is 12.2. The van der Waals surface area contributed by atoms with Crippen molar-refractivity contribution >= 4 is 17.2 Å². The summed E-state index contributed by atoms with van der Waals surface area (Å²) in [6.45, 7) is 0.227. The van der Waals surface area contributed by atoms with Gasteiger partial charge >= 0.3 is 0 Å². The Hall–Kier alpha value is -2.94. The number of aromatic hydroxyl groups is 2. The molecule has 0 aromatic carbocycles. The van der Waals surface area contributed by atoms with Crippen LogP contribution in [0, 0.1) is 0 Å². The van der Waals surface area contributed by atoms with Crippen molar-refractivity contribution < 1.29 is 15.0 Å². The number of thiophene rings is 1. The van der Waals surface area contributed by atoms with Crippen LogP contribution in [0.25, 0.3) is 10.7 Å². The first-order valence-electron chi connectivity index (χ1n) is 6.64. The zero-order valence-electron chi connectivity index (χ0n) is 12.1. The molecule has 0 radical (unpaired) electrons. The fourth-order valence-electron chi connectivity index (χ4n) is 1.95. The molecule has 3 rings (SSSR count). The van der Waals surface area contributed by atoms with Crippen LogP contribution < -0.4 is 5.32 Å². The fourth-order valence-corrected chi connectivity index (χ4v) is 2.60. The third-order valence-electron chi connectivity index (χ3n) is 3.03. The van der Waals surface area contributed by atoms with Crippen molar-refractivity contribution in [2.24, 2.45) is 7.05 Å². The second kappa shape index (κ2) is 6.05. The van der Waals surface area contributed by atoms with Crippen LogP contribution in [0.4, 0.5) is 0 Å². The van der Waals surface area contributed by atoms with Crippen LogP contribution in [0.15, 0.2) is 29.9 Å². The molecular formula is C14H13N5O3S. The molecule has 0 spiro atoms. The molecule has 0 atom stereocenters. The number of nitrogens with zero attached hydrogens (tertiary/aromatic N) is 4. The van der Waals surface area contributed by atoms with E-state index >= 15 is 0 Å². The molecule has 3 aromatic rings. The first-order chi connectivity index (χ1) is 11.0. The van der Waals surface area contributed by atoms with Gasteiger partial charge in [-0.25, -0.2) is 4.98 Å². The quantitative estimate of drug-likeness (QED) is 0.664. The Bertz CT molecular complexity index is 844. The number of amides is 1. The van der Waals surface area contributed by atoms with Crippen LogP contribution in [0.3, 0.4) is 0 Å². The summed E-state index contributed by atoms with van der Waals surface area (Å²) in [6, 6.07) is 3.56.